The van der Waals surface area contributed by atoms with Crippen molar-refractivity contribution in [2.75, 3.05) is 11.9 Å². The van der Waals surface area contributed by atoms with Crippen molar-refractivity contribution in [3.63, 3.8) is 0 Å². The quantitative estimate of drug-likeness (QED) is 0.845. The third kappa shape index (κ3) is 4.82. The maximum Gasteiger partial charge on any atom is 0.119 e. The Morgan fingerprint density at radius 1 is 0.952 bits per heavy atom. The van der Waals surface area contributed by atoms with Crippen LogP contribution >= 0.6 is 0 Å². The van der Waals surface area contributed by atoms with Crippen LogP contribution in [0.4, 0.5) is 5.69 Å². The average molecular weight is 283 g/mol. The lowest BCUT2D eigenvalue weighted by Crippen LogP contribution is -2.22. The molecule has 0 saturated carbocycles. The summed E-state index contributed by atoms with van der Waals surface area (Å²) < 4.78 is 5.94. The molecule has 1 unspecified atom stereocenters. The lowest BCUT2D eigenvalue weighted by Gasteiger charge is -2.20. The van der Waals surface area contributed by atoms with E-state index in [1.54, 1.807) is 0 Å². The monoisotopic (exact) mass is 283 g/mol. The molecule has 1 N–H and O–H groups in total. The number of hydrogen-bond acceptors (Lipinski definition) is 2. The number of benzene rings is 2. The highest BCUT2D eigenvalue weighted by molar-refractivity contribution is 5.42. The van der Waals surface area contributed by atoms with Gasteiger partial charge in [0.2, 0.25) is 0 Å². The zero-order valence-corrected chi connectivity index (χ0v) is 13.4. The molecule has 0 fully saturated rings. The second-order valence-electron chi connectivity index (χ2n) is 6.45. The maximum atomic E-state index is 5.94. The van der Waals surface area contributed by atoms with Crippen molar-refractivity contribution >= 4 is 5.69 Å². The molecule has 0 heterocycles. The van der Waals surface area contributed by atoms with E-state index in [0.29, 0.717) is 0 Å². The summed E-state index contributed by atoms with van der Waals surface area (Å²) in [4.78, 5) is 0. The molecule has 21 heavy (non-hydrogen) atoms. The molecule has 2 aromatic carbocycles. The number of hydrogen-bond donors (Lipinski definition) is 1. The summed E-state index contributed by atoms with van der Waals surface area (Å²) in [5.41, 5.74) is 2.62. The van der Waals surface area contributed by atoms with Crippen molar-refractivity contribution in [1.82, 2.24) is 0 Å². The van der Waals surface area contributed by atoms with E-state index in [-0.39, 0.29) is 11.5 Å². The lowest BCUT2D eigenvalue weighted by molar-refractivity contribution is 0.234. The SMILES string of the molecule is CC(CNc1ccccc1)Oc1ccc(C(C)(C)C)cc1. The molecular formula is C19H25NO. The second kappa shape index (κ2) is 6.66. The Hall–Kier alpha value is -1.96. The summed E-state index contributed by atoms with van der Waals surface area (Å²) in [6.45, 7) is 9.51. The van der Waals surface area contributed by atoms with Gasteiger partial charge in [0.25, 0.3) is 0 Å². The van der Waals surface area contributed by atoms with Gasteiger partial charge >= 0.3 is 0 Å². The van der Waals surface area contributed by atoms with Gasteiger partial charge in [0, 0.05) is 5.69 Å². The molecule has 0 spiro atoms. The molecule has 0 aliphatic carbocycles. The summed E-state index contributed by atoms with van der Waals surface area (Å²) in [5.74, 6) is 0.922. The van der Waals surface area contributed by atoms with Gasteiger partial charge in [-0.05, 0) is 42.2 Å². The van der Waals surface area contributed by atoms with Crippen LogP contribution in [0.5, 0.6) is 5.75 Å². The van der Waals surface area contributed by atoms with Gasteiger partial charge in [0.15, 0.2) is 0 Å². The van der Waals surface area contributed by atoms with Crippen molar-refractivity contribution in [1.29, 1.82) is 0 Å². The zero-order valence-electron chi connectivity index (χ0n) is 13.4. The Bertz CT molecular complexity index is 540. The third-order valence-corrected chi connectivity index (χ3v) is 3.43. The van der Waals surface area contributed by atoms with Gasteiger partial charge < -0.3 is 10.1 Å². The Morgan fingerprint density at radius 3 is 2.14 bits per heavy atom. The van der Waals surface area contributed by atoms with Gasteiger partial charge in [0.05, 0.1) is 6.54 Å². The number of anilines is 1. The van der Waals surface area contributed by atoms with E-state index in [1.165, 1.54) is 5.56 Å². The molecule has 0 aliphatic rings. The number of ether oxygens (including phenoxy) is 1. The van der Waals surface area contributed by atoms with E-state index in [0.717, 1.165) is 18.0 Å². The summed E-state index contributed by atoms with van der Waals surface area (Å²) in [7, 11) is 0. The Morgan fingerprint density at radius 2 is 1.57 bits per heavy atom. The van der Waals surface area contributed by atoms with Gasteiger partial charge in [-0.15, -0.1) is 0 Å². The van der Waals surface area contributed by atoms with Crippen molar-refractivity contribution < 1.29 is 4.74 Å². The topological polar surface area (TPSA) is 21.3 Å². The van der Waals surface area contributed by atoms with Crippen molar-refractivity contribution in [2.45, 2.75) is 39.2 Å². The molecule has 0 aromatic heterocycles. The zero-order chi connectivity index (χ0) is 15.3. The molecule has 0 amide bonds. The van der Waals surface area contributed by atoms with Gasteiger partial charge in [0.1, 0.15) is 11.9 Å². The Kier molecular flexibility index (Phi) is 4.89. The molecule has 0 saturated heterocycles. The molecule has 1 atom stereocenters. The van der Waals surface area contributed by atoms with Gasteiger partial charge in [-0.2, -0.15) is 0 Å². The number of nitrogens with one attached hydrogen (secondary N) is 1. The summed E-state index contributed by atoms with van der Waals surface area (Å²) in [6, 6.07) is 18.6. The van der Waals surface area contributed by atoms with E-state index in [9.17, 15) is 0 Å². The standard InChI is InChI=1S/C19H25NO/c1-15(14-20-17-8-6-5-7-9-17)21-18-12-10-16(11-13-18)19(2,3)4/h5-13,15,20H,14H2,1-4H3. The predicted octanol–water partition coefficient (Wildman–Crippen LogP) is 4.86. The van der Waals surface area contributed by atoms with Crippen LogP contribution in [0.2, 0.25) is 0 Å². The summed E-state index contributed by atoms with van der Waals surface area (Å²) in [6.07, 6.45) is 0.116. The van der Waals surface area contributed by atoms with Crippen LogP contribution in [-0.2, 0) is 5.41 Å². The first kappa shape index (κ1) is 15.4. The Balaban J connectivity index is 1.86. The van der Waals surface area contributed by atoms with E-state index in [2.05, 4.69) is 69.4 Å². The molecule has 2 aromatic rings. The molecule has 0 aliphatic heterocycles. The fraction of sp³-hybridized carbons (Fsp3) is 0.368. The maximum absolute atomic E-state index is 5.94. The highest BCUT2D eigenvalue weighted by atomic mass is 16.5. The third-order valence-electron chi connectivity index (χ3n) is 3.43. The van der Waals surface area contributed by atoms with Gasteiger partial charge in [-0.3, -0.25) is 0 Å². The van der Waals surface area contributed by atoms with Crippen LogP contribution in [0.15, 0.2) is 54.6 Å². The fourth-order valence-electron chi connectivity index (χ4n) is 2.13. The molecule has 0 bridgehead atoms. The first-order chi connectivity index (χ1) is 9.95. The molecule has 2 heteroatoms. The smallest absolute Gasteiger partial charge is 0.119 e. The number of para-hydroxylation sites is 1. The van der Waals surface area contributed by atoms with Crippen molar-refractivity contribution in [3.8, 4) is 5.75 Å². The minimum Gasteiger partial charge on any atom is -0.489 e. The van der Waals surface area contributed by atoms with Crippen molar-refractivity contribution in [2.24, 2.45) is 0 Å². The largest absolute Gasteiger partial charge is 0.489 e. The van der Waals surface area contributed by atoms with Crippen LogP contribution in [0.25, 0.3) is 0 Å². The predicted molar refractivity (Wildman–Crippen MR) is 90.2 cm³/mol. The van der Waals surface area contributed by atoms with E-state index >= 15 is 0 Å². The van der Waals surface area contributed by atoms with E-state index < -0.39 is 0 Å². The van der Waals surface area contributed by atoms with Crippen molar-refractivity contribution in [3.05, 3.63) is 60.2 Å². The minimum atomic E-state index is 0.116. The lowest BCUT2D eigenvalue weighted by atomic mass is 9.87. The fourth-order valence-corrected chi connectivity index (χ4v) is 2.13. The van der Waals surface area contributed by atoms with Crippen LogP contribution in [0.3, 0.4) is 0 Å². The Labute approximate surface area is 128 Å². The first-order valence-electron chi connectivity index (χ1n) is 7.51. The molecule has 0 radical (unpaired) electrons. The minimum absolute atomic E-state index is 0.116. The summed E-state index contributed by atoms with van der Waals surface area (Å²) >= 11 is 0. The van der Waals surface area contributed by atoms with E-state index in [1.807, 2.05) is 18.2 Å². The molecule has 2 rings (SSSR count). The molecule has 2 nitrogen and oxygen atoms in total. The second-order valence-corrected chi connectivity index (χ2v) is 6.45. The molecule has 112 valence electrons. The van der Waals surface area contributed by atoms with Crippen LogP contribution in [0.1, 0.15) is 33.3 Å². The van der Waals surface area contributed by atoms with Crippen LogP contribution in [-0.4, -0.2) is 12.6 Å². The highest BCUT2D eigenvalue weighted by Gasteiger charge is 2.13. The normalized spacial score (nSPS) is 12.8. The highest BCUT2D eigenvalue weighted by Crippen LogP contribution is 2.24. The molecular weight excluding hydrogens is 258 g/mol. The van der Waals surface area contributed by atoms with Crippen LogP contribution in [0, 0.1) is 0 Å². The first-order valence-corrected chi connectivity index (χ1v) is 7.51. The number of rotatable bonds is 5. The van der Waals surface area contributed by atoms with Gasteiger partial charge in [-0.25, -0.2) is 0 Å². The summed E-state index contributed by atoms with van der Waals surface area (Å²) in [5, 5.41) is 3.38. The average Bonchev–Trinajstić information content (AvgIpc) is 2.46. The van der Waals surface area contributed by atoms with Crippen LogP contribution < -0.4 is 10.1 Å². The van der Waals surface area contributed by atoms with Gasteiger partial charge in [-0.1, -0.05) is 51.1 Å². The van der Waals surface area contributed by atoms with E-state index in [4.69, 9.17) is 4.74 Å².